The van der Waals surface area contributed by atoms with Crippen molar-refractivity contribution >= 4 is 58.5 Å². The Balaban J connectivity index is 1.21. The summed E-state index contributed by atoms with van der Waals surface area (Å²) in [5, 5.41) is 3.24. The quantitative estimate of drug-likeness (QED) is 0.126. The molecule has 0 aliphatic carbocycles. The molecule has 0 bridgehead atoms. The molecule has 266 valence electrons. The Hall–Kier alpha value is -5.57. The predicted molar refractivity (Wildman–Crippen MR) is 207 cm³/mol. The van der Waals surface area contributed by atoms with Crippen LogP contribution in [0.4, 0.5) is 16.2 Å². The van der Waals surface area contributed by atoms with Gasteiger partial charge >= 0.3 is 6.03 Å². The first kappa shape index (κ1) is 34.5. The highest BCUT2D eigenvalue weighted by Gasteiger charge is 2.40. The smallest absolute Gasteiger partial charge is 0.335 e. The van der Waals surface area contributed by atoms with E-state index in [1.165, 1.54) is 24.3 Å². The average Bonchev–Trinajstić information content (AvgIpc) is 3.18. The number of hydrogen-bond donors (Lipinski definition) is 1. The number of barbiturate groups is 1. The first-order chi connectivity index (χ1) is 25.8. The largest absolute Gasteiger partial charge is 0.497 e. The van der Waals surface area contributed by atoms with E-state index in [9.17, 15) is 14.4 Å². The van der Waals surface area contributed by atoms with Crippen LogP contribution < -0.4 is 24.6 Å². The lowest BCUT2D eigenvalue weighted by atomic mass is 9.76. The van der Waals surface area contributed by atoms with E-state index in [0.717, 1.165) is 53.2 Å². The number of anilines is 2. The number of rotatable bonds is 8. The molecule has 4 amide bonds. The van der Waals surface area contributed by atoms with E-state index in [1.807, 2.05) is 48.5 Å². The highest BCUT2D eigenvalue weighted by atomic mass is 35.5. The topological polar surface area (TPSA) is 88.2 Å². The zero-order chi connectivity index (χ0) is 36.6. The van der Waals surface area contributed by atoms with Gasteiger partial charge in [-0.25, -0.2) is 9.69 Å². The molecule has 5 aromatic carbocycles. The Labute approximate surface area is 317 Å². The van der Waals surface area contributed by atoms with Crippen molar-refractivity contribution in [1.29, 1.82) is 0 Å². The van der Waals surface area contributed by atoms with Crippen LogP contribution in [0.2, 0.25) is 10.0 Å². The number of urea groups is 1. The minimum absolute atomic E-state index is 0.0600. The molecule has 0 saturated carbocycles. The van der Waals surface area contributed by atoms with E-state index in [-0.39, 0.29) is 24.0 Å². The molecule has 1 fully saturated rings. The summed E-state index contributed by atoms with van der Waals surface area (Å²) in [6.07, 6.45) is 3.23. The molecule has 3 heterocycles. The second kappa shape index (κ2) is 14.5. The molecule has 0 unspecified atom stereocenters. The fourth-order valence-electron chi connectivity index (χ4n) is 7.69. The van der Waals surface area contributed by atoms with Gasteiger partial charge < -0.3 is 14.4 Å². The second-order valence-electron chi connectivity index (χ2n) is 13.4. The van der Waals surface area contributed by atoms with E-state index in [0.29, 0.717) is 32.8 Å². The Morgan fingerprint density at radius 3 is 2.02 bits per heavy atom. The van der Waals surface area contributed by atoms with E-state index in [2.05, 4.69) is 34.5 Å². The second-order valence-corrected chi connectivity index (χ2v) is 14.2. The maximum Gasteiger partial charge on any atom is 0.335 e. The number of carbonyl (C=O) groups excluding carboxylic acids is 3. The van der Waals surface area contributed by atoms with Crippen LogP contribution in [0, 0.1) is 0 Å². The normalized spacial score (nSPS) is 18.8. The summed E-state index contributed by atoms with van der Waals surface area (Å²) in [5.41, 5.74) is 7.05. The third-order valence-electron chi connectivity index (χ3n) is 10.3. The number of methoxy groups -OCH3 is 1. The zero-order valence-corrected chi connectivity index (χ0v) is 30.4. The molecule has 0 radical (unpaired) electrons. The van der Waals surface area contributed by atoms with Crippen molar-refractivity contribution in [2.45, 2.75) is 31.3 Å². The van der Waals surface area contributed by atoms with E-state index in [4.69, 9.17) is 32.7 Å². The number of nitrogens with one attached hydrogen (secondary N) is 1. The molecule has 1 N–H and O–H groups in total. The fourth-order valence-corrected chi connectivity index (χ4v) is 8.01. The molecule has 1 saturated heterocycles. The average molecular weight is 745 g/mol. The third-order valence-corrected chi connectivity index (χ3v) is 11.0. The van der Waals surface area contributed by atoms with Crippen molar-refractivity contribution in [2.24, 2.45) is 0 Å². The van der Waals surface area contributed by atoms with Gasteiger partial charge in [0.25, 0.3) is 11.8 Å². The van der Waals surface area contributed by atoms with Crippen LogP contribution in [-0.2, 0) is 16.2 Å². The number of nitrogens with zero attached hydrogens (tertiary/aromatic N) is 2. The van der Waals surface area contributed by atoms with Crippen molar-refractivity contribution in [1.82, 2.24) is 5.32 Å². The molecule has 53 heavy (non-hydrogen) atoms. The standard InChI is InChI=1S/C43H35Cl2N3O5/c1-52-31-14-13-29(39(24-31)53-25-26-12-15-37(44)38(45)20-26)21-36-41(49)46-43(51)48(42(36)50)30-22-34-32(27-8-4-2-5-9-27)16-18-47-19-17-33(35(23-30)40(34)47)28-10-6-3-7-11-28/h2-15,20-24,32-33H,16-19,25H2,1H3,(H,46,49,51)/b36-21+/t32-,33-/m1/s1. The van der Waals surface area contributed by atoms with Crippen molar-refractivity contribution in [3.05, 3.63) is 158 Å². The molecule has 3 aliphatic rings. The summed E-state index contributed by atoms with van der Waals surface area (Å²) in [4.78, 5) is 45.1. The number of benzene rings is 5. The highest BCUT2D eigenvalue weighted by Crippen LogP contribution is 2.50. The van der Waals surface area contributed by atoms with Gasteiger partial charge in [-0.3, -0.25) is 14.9 Å². The van der Waals surface area contributed by atoms with Gasteiger partial charge in [0.1, 0.15) is 23.7 Å². The van der Waals surface area contributed by atoms with Gasteiger partial charge in [0, 0.05) is 42.2 Å². The molecular weight excluding hydrogens is 709 g/mol. The molecule has 8 rings (SSSR count). The van der Waals surface area contributed by atoms with Crippen molar-refractivity contribution in [2.75, 3.05) is 30.0 Å². The van der Waals surface area contributed by atoms with Crippen molar-refractivity contribution in [3.8, 4) is 11.5 Å². The lowest BCUT2D eigenvalue weighted by molar-refractivity contribution is -0.122. The zero-order valence-electron chi connectivity index (χ0n) is 28.9. The first-order valence-corrected chi connectivity index (χ1v) is 18.2. The SMILES string of the molecule is COc1ccc(/C=C2\C(=O)NC(=O)N(c3cc4c5c(c3)[C@@H](c3ccccc3)CCN5CC[C@@H]4c3ccccc3)C2=O)c(OCc2ccc(Cl)c(Cl)c2)c1. The Kier molecular flexibility index (Phi) is 9.41. The van der Waals surface area contributed by atoms with Gasteiger partial charge in [0.2, 0.25) is 0 Å². The summed E-state index contributed by atoms with van der Waals surface area (Å²) < 4.78 is 11.6. The van der Waals surface area contributed by atoms with E-state index in [1.54, 1.807) is 36.4 Å². The summed E-state index contributed by atoms with van der Waals surface area (Å²) in [6, 6.07) is 34.1. The molecule has 8 nitrogen and oxygen atoms in total. The van der Waals surface area contributed by atoms with Crippen LogP contribution in [0.25, 0.3) is 6.08 Å². The monoisotopic (exact) mass is 743 g/mol. The summed E-state index contributed by atoms with van der Waals surface area (Å²) in [7, 11) is 1.54. The van der Waals surface area contributed by atoms with Gasteiger partial charge in [-0.2, -0.15) is 0 Å². The summed E-state index contributed by atoms with van der Waals surface area (Å²) in [5.74, 6) is -0.521. The molecule has 10 heteroatoms. The van der Waals surface area contributed by atoms with Crippen LogP contribution in [0.1, 0.15) is 58.1 Å². The summed E-state index contributed by atoms with van der Waals surface area (Å²) in [6.45, 7) is 1.94. The number of carbonyl (C=O) groups is 3. The highest BCUT2D eigenvalue weighted by molar-refractivity contribution is 6.42. The Morgan fingerprint density at radius 1 is 0.774 bits per heavy atom. The minimum Gasteiger partial charge on any atom is -0.497 e. The van der Waals surface area contributed by atoms with E-state index >= 15 is 0 Å². The Bertz CT molecular complexity index is 2200. The van der Waals surface area contributed by atoms with Crippen molar-refractivity contribution < 1.29 is 23.9 Å². The number of halogens is 2. The van der Waals surface area contributed by atoms with Crippen molar-refractivity contribution in [3.63, 3.8) is 0 Å². The maximum atomic E-state index is 14.5. The third kappa shape index (κ3) is 6.65. The fraction of sp³-hybridized carbons (Fsp3) is 0.186. The lowest BCUT2D eigenvalue weighted by Crippen LogP contribution is -2.54. The summed E-state index contributed by atoms with van der Waals surface area (Å²) >= 11 is 12.3. The van der Waals surface area contributed by atoms with Gasteiger partial charge in [-0.1, -0.05) is 89.9 Å². The van der Waals surface area contributed by atoms with Gasteiger partial charge in [0.05, 0.1) is 22.8 Å². The van der Waals surface area contributed by atoms with E-state index < -0.39 is 17.8 Å². The molecule has 2 atom stereocenters. The number of imide groups is 2. The van der Waals surface area contributed by atoms with Crippen LogP contribution in [0.3, 0.4) is 0 Å². The lowest BCUT2D eigenvalue weighted by Gasteiger charge is -2.44. The molecule has 3 aliphatic heterocycles. The van der Waals surface area contributed by atoms with Crippen LogP contribution >= 0.6 is 23.2 Å². The number of amides is 4. The van der Waals surface area contributed by atoms with Gasteiger partial charge in [0.15, 0.2) is 0 Å². The van der Waals surface area contributed by atoms with Gasteiger partial charge in [-0.05, 0) is 83.1 Å². The minimum atomic E-state index is -0.800. The van der Waals surface area contributed by atoms with Crippen LogP contribution in [0.15, 0.2) is 115 Å². The maximum absolute atomic E-state index is 14.5. The Morgan fingerprint density at radius 2 is 1.42 bits per heavy atom. The molecule has 0 aromatic heterocycles. The predicted octanol–water partition coefficient (Wildman–Crippen LogP) is 9.12. The first-order valence-electron chi connectivity index (χ1n) is 17.5. The van der Waals surface area contributed by atoms with Crippen LogP contribution in [-0.4, -0.2) is 38.0 Å². The number of hydrogen-bond acceptors (Lipinski definition) is 6. The number of ether oxygens (including phenoxy) is 2. The van der Waals surface area contributed by atoms with Gasteiger partial charge in [-0.15, -0.1) is 0 Å². The molecule has 5 aromatic rings. The molecular formula is C43H35Cl2N3O5. The van der Waals surface area contributed by atoms with Crippen LogP contribution in [0.5, 0.6) is 11.5 Å². The molecule has 0 spiro atoms.